The molecular weight excluding hydrogens is 281 g/mol. The van der Waals surface area contributed by atoms with E-state index >= 15 is 0 Å². The van der Waals surface area contributed by atoms with Gasteiger partial charge in [0.15, 0.2) is 0 Å². The molecule has 0 fully saturated rings. The molecule has 0 bridgehead atoms. The highest BCUT2D eigenvalue weighted by Gasteiger charge is 2.05. The van der Waals surface area contributed by atoms with Crippen LogP contribution in [-0.4, -0.2) is 19.6 Å². The van der Waals surface area contributed by atoms with Gasteiger partial charge in [-0.25, -0.2) is 4.39 Å². The van der Waals surface area contributed by atoms with Crippen LogP contribution in [0.15, 0.2) is 48.5 Å². The molecule has 22 heavy (non-hydrogen) atoms. The maximum atomic E-state index is 13.0. The molecule has 0 radical (unpaired) electrons. The number of benzene rings is 2. The predicted octanol–water partition coefficient (Wildman–Crippen LogP) is 3.59. The van der Waals surface area contributed by atoms with Gasteiger partial charge in [0, 0.05) is 12.1 Å². The van der Waals surface area contributed by atoms with Crippen molar-refractivity contribution in [3.8, 4) is 5.75 Å². The SMILES string of the molecule is COc1ccc(CCCCNC(=O)c2cccc(F)c2)cc1. The summed E-state index contributed by atoms with van der Waals surface area (Å²) < 4.78 is 18.1. The van der Waals surface area contributed by atoms with E-state index in [-0.39, 0.29) is 5.91 Å². The number of hydrogen-bond donors (Lipinski definition) is 1. The maximum Gasteiger partial charge on any atom is 0.251 e. The predicted molar refractivity (Wildman–Crippen MR) is 84.7 cm³/mol. The van der Waals surface area contributed by atoms with Crippen LogP contribution in [0.1, 0.15) is 28.8 Å². The Morgan fingerprint density at radius 1 is 1.14 bits per heavy atom. The number of carbonyl (C=O) groups is 1. The third kappa shape index (κ3) is 4.88. The smallest absolute Gasteiger partial charge is 0.251 e. The second-order valence-corrected chi connectivity index (χ2v) is 5.07. The molecule has 0 saturated heterocycles. The van der Waals surface area contributed by atoms with Crippen LogP contribution in [0.25, 0.3) is 0 Å². The topological polar surface area (TPSA) is 38.3 Å². The zero-order valence-corrected chi connectivity index (χ0v) is 12.6. The van der Waals surface area contributed by atoms with Gasteiger partial charge in [-0.2, -0.15) is 0 Å². The van der Waals surface area contributed by atoms with Crippen molar-refractivity contribution in [2.75, 3.05) is 13.7 Å². The lowest BCUT2D eigenvalue weighted by Crippen LogP contribution is -2.24. The minimum Gasteiger partial charge on any atom is -0.497 e. The number of methoxy groups -OCH3 is 1. The fourth-order valence-corrected chi connectivity index (χ4v) is 2.18. The number of unbranched alkanes of at least 4 members (excludes halogenated alkanes) is 1. The fourth-order valence-electron chi connectivity index (χ4n) is 2.18. The summed E-state index contributed by atoms with van der Waals surface area (Å²) in [6.45, 7) is 0.589. The highest BCUT2D eigenvalue weighted by Crippen LogP contribution is 2.13. The van der Waals surface area contributed by atoms with Crippen LogP contribution in [0, 0.1) is 5.82 Å². The van der Waals surface area contributed by atoms with Crippen LogP contribution in [-0.2, 0) is 6.42 Å². The molecule has 0 aromatic heterocycles. The lowest BCUT2D eigenvalue weighted by Gasteiger charge is -2.06. The molecule has 0 aliphatic rings. The van der Waals surface area contributed by atoms with Gasteiger partial charge in [-0.1, -0.05) is 18.2 Å². The molecule has 2 rings (SSSR count). The van der Waals surface area contributed by atoms with Gasteiger partial charge < -0.3 is 10.1 Å². The Labute approximate surface area is 130 Å². The molecule has 1 N–H and O–H groups in total. The number of amides is 1. The van der Waals surface area contributed by atoms with Gasteiger partial charge in [0.05, 0.1) is 7.11 Å². The summed E-state index contributed by atoms with van der Waals surface area (Å²) >= 11 is 0. The van der Waals surface area contributed by atoms with E-state index in [1.54, 1.807) is 13.2 Å². The van der Waals surface area contributed by atoms with E-state index < -0.39 is 5.82 Å². The molecule has 1 amide bonds. The molecule has 2 aromatic carbocycles. The number of nitrogens with one attached hydrogen (secondary N) is 1. The second kappa shape index (κ2) is 8.17. The molecule has 2 aromatic rings. The highest BCUT2D eigenvalue weighted by atomic mass is 19.1. The molecule has 0 unspecified atom stereocenters. The monoisotopic (exact) mass is 301 g/mol. The Morgan fingerprint density at radius 2 is 1.91 bits per heavy atom. The molecule has 0 spiro atoms. The Balaban J connectivity index is 1.67. The zero-order chi connectivity index (χ0) is 15.8. The first-order valence-corrected chi connectivity index (χ1v) is 7.36. The van der Waals surface area contributed by atoms with Gasteiger partial charge in [0.2, 0.25) is 0 Å². The van der Waals surface area contributed by atoms with E-state index in [0.717, 1.165) is 25.0 Å². The summed E-state index contributed by atoms with van der Waals surface area (Å²) in [7, 11) is 1.65. The average Bonchev–Trinajstić information content (AvgIpc) is 2.55. The molecular formula is C18H20FNO2. The molecule has 0 aliphatic heterocycles. The normalized spacial score (nSPS) is 10.3. The minimum absolute atomic E-state index is 0.232. The first kappa shape index (κ1) is 16.0. The van der Waals surface area contributed by atoms with Gasteiger partial charge in [-0.3, -0.25) is 4.79 Å². The largest absolute Gasteiger partial charge is 0.497 e. The van der Waals surface area contributed by atoms with E-state index in [2.05, 4.69) is 5.32 Å². The van der Waals surface area contributed by atoms with Gasteiger partial charge in [0.1, 0.15) is 11.6 Å². The van der Waals surface area contributed by atoms with E-state index in [4.69, 9.17) is 4.74 Å². The summed E-state index contributed by atoms with van der Waals surface area (Å²) in [6.07, 6.45) is 2.82. The second-order valence-electron chi connectivity index (χ2n) is 5.07. The quantitative estimate of drug-likeness (QED) is 0.794. The number of ether oxygens (including phenoxy) is 1. The fraction of sp³-hybridized carbons (Fsp3) is 0.278. The summed E-state index contributed by atoms with van der Waals surface area (Å²) in [5, 5.41) is 2.81. The average molecular weight is 301 g/mol. The van der Waals surface area contributed by atoms with Crippen LogP contribution in [0.4, 0.5) is 4.39 Å². The van der Waals surface area contributed by atoms with Crippen LogP contribution in [0.3, 0.4) is 0 Å². The maximum absolute atomic E-state index is 13.0. The molecule has 4 heteroatoms. The highest BCUT2D eigenvalue weighted by molar-refractivity contribution is 5.94. The van der Waals surface area contributed by atoms with Crippen molar-refractivity contribution in [2.24, 2.45) is 0 Å². The number of hydrogen-bond acceptors (Lipinski definition) is 2. The van der Waals surface area contributed by atoms with Crippen molar-refractivity contribution in [1.29, 1.82) is 0 Å². The zero-order valence-electron chi connectivity index (χ0n) is 12.6. The molecule has 3 nitrogen and oxygen atoms in total. The van der Waals surface area contributed by atoms with E-state index in [1.807, 2.05) is 24.3 Å². The van der Waals surface area contributed by atoms with E-state index in [0.29, 0.717) is 12.1 Å². The van der Waals surface area contributed by atoms with Gasteiger partial charge >= 0.3 is 0 Å². The van der Waals surface area contributed by atoms with Crippen LogP contribution >= 0.6 is 0 Å². The number of halogens is 1. The number of rotatable bonds is 7. The molecule has 0 atom stereocenters. The van der Waals surface area contributed by atoms with Crippen molar-refractivity contribution in [3.63, 3.8) is 0 Å². The van der Waals surface area contributed by atoms with Gasteiger partial charge in [-0.05, 0) is 55.2 Å². The molecule has 0 saturated carbocycles. The Hall–Kier alpha value is -2.36. The Morgan fingerprint density at radius 3 is 2.59 bits per heavy atom. The Kier molecular flexibility index (Phi) is 5.95. The summed E-state index contributed by atoms with van der Waals surface area (Å²) in [4.78, 5) is 11.8. The van der Waals surface area contributed by atoms with Crippen molar-refractivity contribution < 1.29 is 13.9 Å². The first-order chi connectivity index (χ1) is 10.7. The van der Waals surface area contributed by atoms with Crippen molar-refractivity contribution in [3.05, 3.63) is 65.5 Å². The third-order valence-electron chi connectivity index (χ3n) is 3.42. The molecule has 0 heterocycles. The summed E-state index contributed by atoms with van der Waals surface area (Å²) in [6, 6.07) is 13.7. The Bertz CT molecular complexity index is 611. The summed E-state index contributed by atoms with van der Waals surface area (Å²) in [5.41, 5.74) is 1.60. The van der Waals surface area contributed by atoms with Crippen LogP contribution in [0.2, 0.25) is 0 Å². The lowest BCUT2D eigenvalue weighted by atomic mass is 10.1. The minimum atomic E-state index is -0.396. The third-order valence-corrected chi connectivity index (χ3v) is 3.42. The van der Waals surface area contributed by atoms with E-state index in [1.165, 1.54) is 23.8 Å². The van der Waals surface area contributed by atoms with Crippen LogP contribution in [0.5, 0.6) is 5.75 Å². The standard InChI is InChI=1S/C18H20FNO2/c1-22-17-10-8-14(9-11-17)5-2-3-12-20-18(21)15-6-4-7-16(19)13-15/h4,6-11,13H,2-3,5,12H2,1H3,(H,20,21). The lowest BCUT2D eigenvalue weighted by molar-refractivity contribution is 0.0952. The van der Waals surface area contributed by atoms with Gasteiger partial charge in [0.25, 0.3) is 5.91 Å². The van der Waals surface area contributed by atoms with Crippen molar-refractivity contribution in [2.45, 2.75) is 19.3 Å². The number of carbonyl (C=O) groups excluding carboxylic acids is 1. The summed E-state index contributed by atoms with van der Waals surface area (Å²) in [5.74, 6) is 0.224. The van der Waals surface area contributed by atoms with E-state index in [9.17, 15) is 9.18 Å². The molecule has 116 valence electrons. The number of aryl methyl sites for hydroxylation is 1. The van der Waals surface area contributed by atoms with Gasteiger partial charge in [-0.15, -0.1) is 0 Å². The first-order valence-electron chi connectivity index (χ1n) is 7.36. The van der Waals surface area contributed by atoms with Crippen LogP contribution < -0.4 is 10.1 Å². The molecule has 0 aliphatic carbocycles. The van der Waals surface area contributed by atoms with Crippen molar-refractivity contribution in [1.82, 2.24) is 5.32 Å². The van der Waals surface area contributed by atoms with Crippen molar-refractivity contribution >= 4 is 5.91 Å².